The van der Waals surface area contributed by atoms with E-state index in [1.165, 1.54) is 24.6 Å². The van der Waals surface area contributed by atoms with Crippen LogP contribution in [0.25, 0.3) is 0 Å². The maximum Gasteiger partial charge on any atom is 0.209 e. The van der Waals surface area contributed by atoms with Crippen molar-refractivity contribution in [1.82, 2.24) is 20.2 Å². The zero-order chi connectivity index (χ0) is 14.8. The Morgan fingerprint density at radius 2 is 2.05 bits per heavy atom. The smallest absolute Gasteiger partial charge is 0.209 e. The van der Waals surface area contributed by atoms with E-state index in [2.05, 4.69) is 36.3 Å². The van der Waals surface area contributed by atoms with Gasteiger partial charge < -0.3 is 10.8 Å². The van der Waals surface area contributed by atoms with Gasteiger partial charge >= 0.3 is 0 Å². The molecule has 0 saturated heterocycles. The number of thioether (sulfide) groups is 1. The topological polar surface area (TPSA) is 89.8 Å². The number of nitrogens with zero attached hydrogens (tertiary/aromatic N) is 4. The molecule has 114 valence electrons. The lowest BCUT2D eigenvalue weighted by atomic mass is 9.85. The van der Waals surface area contributed by atoms with Gasteiger partial charge in [-0.25, -0.2) is 4.68 Å². The maximum absolute atomic E-state index is 9.64. The monoisotopic (exact) mass is 299 g/mol. The van der Waals surface area contributed by atoms with Crippen LogP contribution in [0.15, 0.2) is 5.16 Å². The third-order valence-electron chi connectivity index (χ3n) is 3.97. The van der Waals surface area contributed by atoms with Crippen LogP contribution in [0.4, 0.5) is 0 Å². The van der Waals surface area contributed by atoms with Gasteiger partial charge in [-0.05, 0) is 28.7 Å². The summed E-state index contributed by atoms with van der Waals surface area (Å²) in [6.45, 7) is 6.28. The summed E-state index contributed by atoms with van der Waals surface area (Å²) in [5.74, 6) is 0. The molecule has 1 aromatic heterocycles. The highest BCUT2D eigenvalue weighted by atomic mass is 32.2. The minimum atomic E-state index is -0.119. The molecule has 1 aliphatic carbocycles. The van der Waals surface area contributed by atoms with Crippen LogP contribution in [0, 0.1) is 5.41 Å². The zero-order valence-electron chi connectivity index (χ0n) is 12.5. The summed E-state index contributed by atoms with van der Waals surface area (Å²) in [5.41, 5.74) is 6.20. The van der Waals surface area contributed by atoms with Gasteiger partial charge in [0.15, 0.2) is 0 Å². The van der Waals surface area contributed by atoms with Gasteiger partial charge in [0.25, 0.3) is 0 Å². The molecule has 20 heavy (non-hydrogen) atoms. The van der Waals surface area contributed by atoms with Gasteiger partial charge in [-0.15, -0.1) is 5.10 Å². The molecule has 2 unspecified atom stereocenters. The average Bonchev–Trinajstić information content (AvgIpc) is 3.04. The van der Waals surface area contributed by atoms with Crippen LogP contribution < -0.4 is 5.73 Å². The highest BCUT2D eigenvalue weighted by Crippen LogP contribution is 2.34. The van der Waals surface area contributed by atoms with E-state index < -0.39 is 0 Å². The summed E-state index contributed by atoms with van der Waals surface area (Å²) in [4.78, 5) is 0. The Kier molecular flexibility index (Phi) is 5.04. The first kappa shape index (κ1) is 15.7. The molecular weight excluding hydrogens is 274 g/mol. The van der Waals surface area contributed by atoms with Gasteiger partial charge in [0.05, 0.1) is 17.9 Å². The second-order valence-electron chi connectivity index (χ2n) is 6.57. The Bertz CT molecular complexity index is 425. The van der Waals surface area contributed by atoms with E-state index >= 15 is 0 Å². The van der Waals surface area contributed by atoms with Crippen molar-refractivity contribution in [2.75, 3.05) is 6.61 Å². The Hall–Kier alpha value is -0.660. The van der Waals surface area contributed by atoms with Crippen molar-refractivity contribution in [3.63, 3.8) is 0 Å². The van der Waals surface area contributed by atoms with Crippen LogP contribution in [-0.4, -0.2) is 43.2 Å². The van der Waals surface area contributed by atoms with Gasteiger partial charge in [0, 0.05) is 6.04 Å². The van der Waals surface area contributed by atoms with Crippen LogP contribution in [-0.2, 0) is 0 Å². The number of nitrogens with two attached hydrogens (primary N) is 1. The van der Waals surface area contributed by atoms with Crippen molar-refractivity contribution >= 4 is 11.8 Å². The predicted octanol–water partition coefficient (Wildman–Crippen LogP) is 1.61. The number of aliphatic hydroxyl groups excluding tert-OH is 1. The number of aliphatic hydroxyl groups is 1. The van der Waals surface area contributed by atoms with Gasteiger partial charge in [-0.3, -0.25) is 0 Å². The SMILES string of the molecule is CC(C)(C)C(N)C(CO)Sc1nnnn1C1CCCC1. The Morgan fingerprint density at radius 3 is 2.60 bits per heavy atom. The van der Waals surface area contributed by atoms with Crippen LogP contribution in [0.1, 0.15) is 52.5 Å². The Balaban J connectivity index is 2.10. The fourth-order valence-electron chi connectivity index (χ4n) is 2.56. The van der Waals surface area contributed by atoms with Crippen molar-refractivity contribution in [3.8, 4) is 0 Å². The van der Waals surface area contributed by atoms with Gasteiger partial charge in [-0.2, -0.15) is 0 Å². The molecule has 1 aromatic rings. The molecule has 0 aromatic carbocycles. The van der Waals surface area contributed by atoms with Crippen LogP contribution >= 0.6 is 11.8 Å². The van der Waals surface area contributed by atoms with Crippen molar-refractivity contribution < 1.29 is 5.11 Å². The van der Waals surface area contributed by atoms with Crippen molar-refractivity contribution in [2.24, 2.45) is 11.1 Å². The van der Waals surface area contributed by atoms with Crippen molar-refractivity contribution in [1.29, 1.82) is 0 Å². The highest BCUT2D eigenvalue weighted by Gasteiger charge is 2.31. The molecule has 6 nitrogen and oxygen atoms in total. The molecule has 0 amide bonds. The molecule has 0 spiro atoms. The van der Waals surface area contributed by atoms with Gasteiger partial charge in [0.1, 0.15) is 0 Å². The van der Waals surface area contributed by atoms with E-state index in [-0.39, 0.29) is 23.3 Å². The molecule has 1 saturated carbocycles. The molecule has 1 aliphatic rings. The first-order valence-corrected chi connectivity index (χ1v) is 8.12. The molecule has 0 bridgehead atoms. The molecular formula is C13H25N5OS. The van der Waals surface area contributed by atoms with E-state index in [4.69, 9.17) is 5.73 Å². The standard InChI is InChI=1S/C13H25N5OS/c1-13(2,3)11(14)10(8-19)20-12-15-16-17-18(12)9-6-4-5-7-9/h9-11,19H,4-8,14H2,1-3H3. The summed E-state index contributed by atoms with van der Waals surface area (Å²) >= 11 is 1.50. The summed E-state index contributed by atoms with van der Waals surface area (Å²) in [6, 6.07) is 0.281. The predicted molar refractivity (Wildman–Crippen MR) is 79.5 cm³/mol. The lowest BCUT2D eigenvalue weighted by molar-refractivity contribution is 0.232. The molecule has 0 aliphatic heterocycles. The minimum Gasteiger partial charge on any atom is -0.395 e. The molecule has 2 atom stereocenters. The van der Waals surface area contributed by atoms with Crippen molar-refractivity contribution in [3.05, 3.63) is 0 Å². The third-order valence-corrected chi connectivity index (χ3v) is 5.20. The Morgan fingerprint density at radius 1 is 1.40 bits per heavy atom. The summed E-state index contributed by atoms with van der Waals surface area (Å²) in [7, 11) is 0. The second kappa shape index (κ2) is 6.41. The Labute approximate surface area is 124 Å². The quantitative estimate of drug-likeness (QED) is 0.803. The summed E-state index contributed by atoms with van der Waals surface area (Å²) in [5, 5.41) is 22.3. The summed E-state index contributed by atoms with van der Waals surface area (Å²) < 4.78 is 1.91. The molecule has 3 N–H and O–H groups in total. The molecule has 0 radical (unpaired) electrons. The number of hydrogen-bond donors (Lipinski definition) is 2. The minimum absolute atomic E-state index is 0.0284. The number of tetrazole rings is 1. The number of hydrogen-bond acceptors (Lipinski definition) is 6. The van der Waals surface area contributed by atoms with Crippen LogP contribution in [0.5, 0.6) is 0 Å². The second-order valence-corrected chi connectivity index (χ2v) is 7.78. The average molecular weight is 299 g/mol. The van der Waals surface area contributed by atoms with Crippen LogP contribution in [0.2, 0.25) is 0 Å². The van der Waals surface area contributed by atoms with E-state index in [1.807, 2.05) is 4.68 Å². The third kappa shape index (κ3) is 3.51. The normalized spacial score (nSPS) is 20.2. The van der Waals surface area contributed by atoms with E-state index in [1.54, 1.807) is 0 Å². The molecule has 7 heteroatoms. The van der Waals surface area contributed by atoms with E-state index in [0.717, 1.165) is 18.0 Å². The van der Waals surface area contributed by atoms with Crippen molar-refractivity contribution in [2.45, 2.75) is 68.9 Å². The number of rotatable bonds is 5. The molecule has 1 heterocycles. The molecule has 1 fully saturated rings. The largest absolute Gasteiger partial charge is 0.395 e. The zero-order valence-corrected chi connectivity index (χ0v) is 13.3. The fourth-order valence-corrected chi connectivity index (χ4v) is 3.84. The lowest BCUT2D eigenvalue weighted by Crippen LogP contribution is -2.45. The fraction of sp³-hybridized carbons (Fsp3) is 0.923. The van der Waals surface area contributed by atoms with E-state index in [0.29, 0.717) is 6.04 Å². The number of aromatic nitrogens is 4. The summed E-state index contributed by atoms with van der Waals surface area (Å²) in [6.07, 6.45) is 4.74. The lowest BCUT2D eigenvalue weighted by Gasteiger charge is -2.32. The highest BCUT2D eigenvalue weighted by molar-refractivity contribution is 7.99. The van der Waals surface area contributed by atoms with Gasteiger partial charge in [-0.1, -0.05) is 45.4 Å². The first-order chi connectivity index (χ1) is 9.43. The molecule has 2 rings (SSSR count). The van der Waals surface area contributed by atoms with Gasteiger partial charge in [0.2, 0.25) is 5.16 Å². The van der Waals surface area contributed by atoms with Crippen LogP contribution in [0.3, 0.4) is 0 Å². The van der Waals surface area contributed by atoms with E-state index in [9.17, 15) is 5.11 Å². The maximum atomic E-state index is 9.64. The first-order valence-electron chi connectivity index (χ1n) is 7.24.